The molecule has 17 heavy (non-hydrogen) atoms. The lowest BCUT2D eigenvalue weighted by Gasteiger charge is -2.22. The van der Waals surface area contributed by atoms with Gasteiger partial charge < -0.3 is 10.5 Å². The molecule has 2 N–H and O–H groups in total. The van der Waals surface area contributed by atoms with Crippen molar-refractivity contribution in [1.82, 2.24) is 0 Å². The standard InChI is InChI=1S/C13H19NO2S/c1-9(12(15)16-13(2,3)4)17-11-7-5-6-10(14)8-11/h5-9H,14H2,1-4H3. The number of esters is 1. The van der Waals surface area contributed by atoms with Crippen LogP contribution < -0.4 is 5.73 Å². The monoisotopic (exact) mass is 253 g/mol. The van der Waals surface area contributed by atoms with Gasteiger partial charge in [0.15, 0.2) is 0 Å². The number of carbonyl (C=O) groups excluding carboxylic acids is 1. The first-order valence-electron chi connectivity index (χ1n) is 5.53. The molecule has 0 amide bonds. The number of thioether (sulfide) groups is 1. The van der Waals surface area contributed by atoms with Crippen molar-refractivity contribution in [3.63, 3.8) is 0 Å². The maximum atomic E-state index is 11.8. The van der Waals surface area contributed by atoms with E-state index in [1.807, 2.05) is 52.0 Å². The molecule has 0 spiro atoms. The molecule has 1 aromatic rings. The molecule has 0 saturated heterocycles. The minimum absolute atomic E-state index is 0.204. The zero-order valence-corrected chi connectivity index (χ0v) is 11.5. The van der Waals surface area contributed by atoms with Crippen LogP contribution in [0, 0.1) is 0 Å². The van der Waals surface area contributed by atoms with Crippen molar-refractivity contribution in [3.8, 4) is 0 Å². The summed E-state index contributed by atoms with van der Waals surface area (Å²) in [5.74, 6) is -0.204. The van der Waals surface area contributed by atoms with Crippen LogP contribution in [0.1, 0.15) is 27.7 Å². The maximum absolute atomic E-state index is 11.8. The first-order valence-corrected chi connectivity index (χ1v) is 6.41. The van der Waals surface area contributed by atoms with Gasteiger partial charge in [-0.3, -0.25) is 4.79 Å². The number of rotatable bonds is 3. The van der Waals surface area contributed by atoms with Crippen LogP contribution in [0.2, 0.25) is 0 Å². The summed E-state index contributed by atoms with van der Waals surface area (Å²) in [5.41, 5.74) is 5.94. The van der Waals surface area contributed by atoms with Crippen molar-refractivity contribution >= 4 is 23.4 Å². The fourth-order valence-electron chi connectivity index (χ4n) is 1.22. The molecule has 0 aromatic heterocycles. The second-order valence-corrected chi connectivity index (χ2v) is 6.28. The third kappa shape index (κ3) is 5.13. The van der Waals surface area contributed by atoms with Gasteiger partial charge in [-0.15, -0.1) is 11.8 Å². The van der Waals surface area contributed by atoms with Gasteiger partial charge in [-0.05, 0) is 45.9 Å². The van der Waals surface area contributed by atoms with E-state index in [0.717, 1.165) is 4.90 Å². The summed E-state index contributed by atoms with van der Waals surface area (Å²) in [6.45, 7) is 7.43. The summed E-state index contributed by atoms with van der Waals surface area (Å²) in [7, 11) is 0. The van der Waals surface area contributed by atoms with Crippen molar-refractivity contribution in [2.45, 2.75) is 43.4 Å². The van der Waals surface area contributed by atoms with Gasteiger partial charge in [0.05, 0.1) is 0 Å². The van der Waals surface area contributed by atoms with E-state index in [1.165, 1.54) is 11.8 Å². The number of nitrogen functional groups attached to an aromatic ring is 1. The largest absolute Gasteiger partial charge is 0.459 e. The van der Waals surface area contributed by atoms with E-state index in [0.29, 0.717) is 5.69 Å². The fourth-order valence-corrected chi connectivity index (χ4v) is 2.14. The van der Waals surface area contributed by atoms with Crippen molar-refractivity contribution in [3.05, 3.63) is 24.3 Å². The predicted molar refractivity (Wildman–Crippen MR) is 72.0 cm³/mol. The maximum Gasteiger partial charge on any atom is 0.319 e. The molecule has 0 radical (unpaired) electrons. The van der Waals surface area contributed by atoms with Crippen LogP contribution in [0.15, 0.2) is 29.2 Å². The summed E-state index contributed by atoms with van der Waals surface area (Å²) in [6.07, 6.45) is 0. The molecule has 4 heteroatoms. The van der Waals surface area contributed by atoms with Gasteiger partial charge in [0, 0.05) is 10.6 Å². The Hall–Kier alpha value is -1.16. The average molecular weight is 253 g/mol. The predicted octanol–water partition coefficient (Wildman–Crippen LogP) is 3.09. The lowest BCUT2D eigenvalue weighted by atomic mass is 10.2. The van der Waals surface area contributed by atoms with Gasteiger partial charge in [0.2, 0.25) is 0 Å². The Kier molecular flexibility index (Phi) is 4.46. The van der Waals surface area contributed by atoms with Crippen molar-refractivity contribution in [2.24, 2.45) is 0 Å². The highest BCUT2D eigenvalue weighted by Crippen LogP contribution is 2.26. The summed E-state index contributed by atoms with van der Waals surface area (Å²) < 4.78 is 5.31. The van der Waals surface area contributed by atoms with Gasteiger partial charge in [-0.25, -0.2) is 0 Å². The van der Waals surface area contributed by atoms with Crippen LogP contribution in [0.25, 0.3) is 0 Å². The van der Waals surface area contributed by atoms with Crippen molar-refractivity contribution < 1.29 is 9.53 Å². The molecule has 0 fully saturated rings. The van der Waals surface area contributed by atoms with Crippen molar-refractivity contribution in [2.75, 3.05) is 5.73 Å². The topological polar surface area (TPSA) is 52.3 Å². The number of carbonyl (C=O) groups is 1. The van der Waals surface area contributed by atoms with E-state index in [2.05, 4.69) is 0 Å². The minimum atomic E-state index is -0.443. The van der Waals surface area contributed by atoms with Gasteiger partial charge in [-0.1, -0.05) is 6.07 Å². The average Bonchev–Trinajstić information content (AvgIpc) is 2.14. The first kappa shape index (κ1) is 13.9. The van der Waals surface area contributed by atoms with E-state index in [1.54, 1.807) is 0 Å². The zero-order valence-electron chi connectivity index (χ0n) is 10.7. The van der Waals surface area contributed by atoms with E-state index in [4.69, 9.17) is 10.5 Å². The highest BCUT2D eigenvalue weighted by atomic mass is 32.2. The van der Waals surface area contributed by atoms with E-state index in [9.17, 15) is 4.79 Å². The van der Waals surface area contributed by atoms with E-state index < -0.39 is 5.60 Å². The quantitative estimate of drug-likeness (QED) is 0.511. The van der Waals surface area contributed by atoms with Gasteiger partial charge in [0.1, 0.15) is 10.9 Å². The number of hydrogen-bond acceptors (Lipinski definition) is 4. The Labute approximate surface area is 107 Å². The Balaban J connectivity index is 2.60. The smallest absolute Gasteiger partial charge is 0.319 e. The summed E-state index contributed by atoms with van der Waals surface area (Å²) in [4.78, 5) is 12.7. The van der Waals surface area contributed by atoms with E-state index in [-0.39, 0.29) is 11.2 Å². The molecule has 1 atom stereocenters. The summed E-state index contributed by atoms with van der Waals surface area (Å²) in [5, 5.41) is -0.240. The molecule has 0 aliphatic rings. The third-order valence-electron chi connectivity index (χ3n) is 1.91. The second kappa shape index (κ2) is 5.45. The van der Waals surface area contributed by atoms with Crippen LogP contribution in [0.4, 0.5) is 5.69 Å². The Morgan fingerprint density at radius 2 is 2.06 bits per heavy atom. The van der Waals surface area contributed by atoms with Gasteiger partial charge in [-0.2, -0.15) is 0 Å². The highest BCUT2D eigenvalue weighted by Gasteiger charge is 2.22. The molecule has 0 saturated carbocycles. The zero-order chi connectivity index (χ0) is 13.1. The molecule has 0 aliphatic heterocycles. The van der Waals surface area contributed by atoms with Crippen LogP contribution in [0.3, 0.4) is 0 Å². The molecule has 1 aromatic carbocycles. The number of anilines is 1. The number of hydrogen-bond donors (Lipinski definition) is 1. The molecule has 0 heterocycles. The van der Waals surface area contributed by atoms with Crippen LogP contribution >= 0.6 is 11.8 Å². The summed E-state index contributed by atoms with van der Waals surface area (Å²) in [6, 6.07) is 7.48. The number of ether oxygens (including phenoxy) is 1. The van der Waals surface area contributed by atoms with Crippen molar-refractivity contribution in [1.29, 1.82) is 0 Å². The van der Waals surface area contributed by atoms with Crippen LogP contribution in [-0.2, 0) is 9.53 Å². The Morgan fingerprint density at radius 1 is 1.41 bits per heavy atom. The van der Waals surface area contributed by atoms with Crippen LogP contribution in [0.5, 0.6) is 0 Å². The lowest BCUT2D eigenvalue weighted by molar-refractivity contribution is -0.153. The Morgan fingerprint density at radius 3 is 2.59 bits per heavy atom. The fraction of sp³-hybridized carbons (Fsp3) is 0.462. The SMILES string of the molecule is CC(Sc1cccc(N)c1)C(=O)OC(C)(C)C. The normalized spacial score (nSPS) is 13.2. The van der Waals surface area contributed by atoms with E-state index >= 15 is 0 Å². The second-order valence-electron chi connectivity index (χ2n) is 4.87. The number of benzene rings is 1. The molecule has 3 nitrogen and oxygen atoms in total. The van der Waals surface area contributed by atoms with Gasteiger partial charge >= 0.3 is 5.97 Å². The molecule has 0 bridgehead atoms. The highest BCUT2D eigenvalue weighted by molar-refractivity contribution is 8.00. The lowest BCUT2D eigenvalue weighted by Crippen LogP contribution is -2.28. The first-order chi connectivity index (χ1) is 7.78. The van der Waals surface area contributed by atoms with Crippen LogP contribution in [-0.4, -0.2) is 16.8 Å². The third-order valence-corrected chi connectivity index (χ3v) is 2.98. The Bertz CT molecular complexity index is 399. The molecular weight excluding hydrogens is 234 g/mol. The molecule has 1 rings (SSSR count). The molecular formula is C13H19NO2S. The molecule has 94 valence electrons. The molecule has 0 aliphatic carbocycles. The molecule has 1 unspecified atom stereocenters. The van der Waals surface area contributed by atoms with Gasteiger partial charge in [0.25, 0.3) is 0 Å². The minimum Gasteiger partial charge on any atom is -0.459 e. The summed E-state index contributed by atoms with van der Waals surface area (Å²) >= 11 is 1.45. The number of nitrogens with two attached hydrogens (primary N) is 1.